The van der Waals surface area contributed by atoms with E-state index in [1.54, 1.807) is 0 Å². The Balaban J connectivity index is 2.37. The number of benzene rings is 2. The van der Waals surface area contributed by atoms with Crippen molar-refractivity contribution in [1.82, 2.24) is 0 Å². The van der Waals surface area contributed by atoms with Crippen molar-refractivity contribution in [3.8, 4) is 0 Å². The normalized spacial score (nSPS) is 12.3. The molecule has 0 atom stereocenters. The van der Waals surface area contributed by atoms with Gasteiger partial charge in [0.1, 0.15) is 0 Å². The SMILES string of the molecule is CC(C)OP(=S)(OC(C)C)[S][Sb]([c]1ccccc1)[c]1ccccc1. The van der Waals surface area contributed by atoms with Crippen molar-refractivity contribution in [3.63, 3.8) is 0 Å². The van der Waals surface area contributed by atoms with Crippen molar-refractivity contribution >= 4 is 51.8 Å². The first kappa shape index (κ1) is 20.5. The fraction of sp³-hybridized carbons (Fsp3) is 0.333. The Morgan fingerprint density at radius 3 is 1.50 bits per heavy atom. The molecule has 0 saturated heterocycles. The Morgan fingerprint density at radius 2 is 1.17 bits per heavy atom. The van der Waals surface area contributed by atoms with Gasteiger partial charge in [-0.1, -0.05) is 0 Å². The summed E-state index contributed by atoms with van der Waals surface area (Å²) in [6, 6.07) is 21.4. The maximum atomic E-state index is 6.13. The Morgan fingerprint density at radius 1 is 0.792 bits per heavy atom. The van der Waals surface area contributed by atoms with Gasteiger partial charge in [-0.15, -0.1) is 0 Å². The van der Waals surface area contributed by atoms with Crippen LogP contribution in [0.3, 0.4) is 0 Å². The van der Waals surface area contributed by atoms with Gasteiger partial charge < -0.3 is 0 Å². The van der Waals surface area contributed by atoms with Crippen LogP contribution < -0.4 is 7.02 Å². The zero-order chi connectivity index (χ0) is 17.6. The third-order valence-electron chi connectivity index (χ3n) is 2.84. The summed E-state index contributed by atoms with van der Waals surface area (Å²) in [6.45, 7) is 8.10. The van der Waals surface area contributed by atoms with Crippen molar-refractivity contribution in [2.75, 3.05) is 0 Å². The van der Waals surface area contributed by atoms with Gasteiger partial charge in [-0.2, -0.15) is 0 Å². The molecule has 2 aromatic rings. The molecule has 0 heterocycles. The van der Waals surface area contributed by atoms with Crippen molar-refractivity contribution in [1.29, 1.82) is 0 Å². The first-order valence-electron chi connectivity index (χ1n) is 7.96. The molecule has 0 bridgehead atoms. The first-order valence-corrected chi connectivity index (χ1v) is 17.7. The second-order valence-corrected chi connectivity index (χ2v) is 22.6. The van der Waals surface area contributed by atoms with Crippen LogP contribution in [0.2, 0.25) is 0 Å². The Hall–Kier alpha value is 0.178. The molecule has 0 aromatic heterocycles. The van der Waals surface area contributed by atoms with Gasteiger partial charge in [-0.05, 0) is 0 Å². The third kappa shape index (κ3) is 6.48. The van der Waals surface area contributed by atoms with Crippen LogP contribution in [-0.2, 0) is 20.9 Å². The van der Waals surface area contributed by atoms with Gasteiger partial charge in [0.05, 0.1) is 0 Å². The summed E-state index contributed by atoms with van der Waals surface area (Å²) in [5.74, 6) is 0. The van der Waals surface area contributed by atoms with Crippen LogP contribution in [0.5, 0.6) is 0 Å². The molecule has 0 aliphatic heterocycles. The van der Waals surface area contributed by atoms with Crippen LogP contribution in [0.25, 0.3) is 0 Å². The molecule has 0 fully saturated rings. The van der Waals surface area contributed by atoms with E-state index in [0.29, 0.717) is 0 Å². The monoisotopic (exact) mass is 488 g/mol. The van der Waals surface area contributed by atoms with E-state index in [1.807, 2.05) is 36.2 Å². The van der Waals surface area contributed by atoms with Gasteiger partial charge in [-0.3, -0.25) is 0 Å². The molecule has 0 aliphatic carbocycles. The minimum absolute atomic E-state index is 0.0657. The molecule has 2 rings (SSSR count). The molecule has 2 nitrogen and oxygen atoms in total. The predicted molar refractivity (Wildman–Crippen MR) is 112 cm³/mol. The molecule has 0 unspecified atom stereocenters. The number of hydrogen-bond donors (Lipinski definition) is 0. The minimum atomic E-state index is -2.39. The predicted octanol–water partition coefficient (Wildman–Crippen LogP) is 4.60. The standard InChI is InChI=1S/C6H15O2PS2.2C6H5.Sb/c1-5(2)7-9(10,11)8-6(3)4;2*1-2-4-6-5-3-1;/h5-6H,1-4H3,(H,10,11);2*1-5H;/q;;;+1/p-1. The van der Waals surface area contributed by atoms with Crippen LogP contribution in [-0.4, -0.2) is 31.0 Å². The van der Waals surface area contributed by atoms with Crippen LogP contribution in [0.15, 0.2) is 60.7 Å². The molecule has 0 amide bonds. The average Bonchev–Trinajstić information content (AvgIpc) is 2.53. The topological polar surface area (TPSA) is 18.5 Å². The molecule has 24 heavy (non-hydrogen) atoms. The summed E-state index contributed by atoms with van der Waals surface area (Å²) in [5.41, 5.74) is -2.39. The summed E-state index contributed by atoms with van der Waals surface area (Å²) in [4.78, 5) is 0. The van der Waals surface area contributed by atoms with Crippen molar-refractivity contribution < 1.29 is 9.05 Å². The molecule has 0 aliphatic rings. The van der Waals surface area contributed by atoms with E-state index in [2.05, 4.69) is 60.7 Å². The maximum absolute atomic E-state index is 6.13. The van der Waals surface area contributed by atoms with Gasteiger partial charge in [0.15, 0.2) is 0 Å². The molecular weight excluding hydrogens is 465 g/mol. The molecule has 0 radical (unpaired) electrons. The molecule has 6 heteroatoms. The quantitative estimate of drug-likeness (QED) is 0.399. The van der Waals surface area contributed by atoms with E-state index in [4.69, 9.17) is 20.9 Å². The van der Waals surface area contributed by atoms with Gasteiger partial charge in [0, 0.05) is 0 Å². The van der Waals surface area contributed by atoms with Crippen LogP contribution >= 0.6 is 14.2 Å². The first-order chi connectivity index (χ1) is 11.4. The fourth-order valence-electron chi connectivity index (χ4n) is 2.05. The van der Waals surface area contributed by atoms with E-state index >= 15 is 0 Å². The van der Waals surface area contributed by atoms with E-state index in [1.165, 1.54) is 7.02 Å². The zero-order valence-corrected chi connectivity index (χ0v) is 19.5. The van der Waals surface area contributed by atoms with Crippen molar-refractivity contribution in [3.05, 3.63) is 60.7 Å². The summed E-state index contributed by atoms with van der Waals surface area (Å²) in [7, 11) is 1.82. The van der Waals surface area contributed by atoms with Gasteiger partial charge >= 0.3 is 161 Å². The summed E-state index contributed by atoms with van der Waals surface area (Å²) in [6.07, 6.45) is 0.131. The van der Waals surface area contributed by atoms with E-state index in [9.17, 15) is 0 Å². The fourth-order valence-corrected chi connectivity index (χ4v) is 28.1. The van der Waals surface area contributed by atoms with E-state index in [-0.39, 0.29) is 12.2 Å². The van der Waals surface area contributed by atoms with Gasteiger partial charge in [0.2, 0.25) is 0 Å². The zero-order valence-electron chi connectivity index (χ0n) is 14.5. The average molecular weight is 489 g/mol. The van der Waals surface area contributed by atoms with Crippen LogP contribution in [0.4, 0.5) is 0 Å². The second kappa shape index (κ2) is 9.76. The van der Waals surface area contributed by atoms with Gasteiger partial charge in [-0.25, -0.2) is 0 Å². The van der Waals surface area contributed by atoms with E-state index in [0.717, 1.165) is 0 Å². The van der Waals surface area contributed by atoms with E-state index < -0.39 is 24.5 Å². The van der Waals surface area contributed by atoms with Gasteiger partial charge in [0.25, 0.3) is 0 Å². The summed E-state index contributed by atoms with van der Waals surface area (Å²) in [5, 5.41) is 0. The second-order valence-electron chi connectivity index (χ2n) is 5.80. The van der Waals surface area contributed by atoms with Crippen molar-refractivity contribution in [2.24, 2.45) is 0 Å². The van der Waals surface area contributed by atoms with Crippen LogP contribution in [0, 0.1) is 0 Å². The Kier molecular flexibility index (Phi) is 8.33. The molecule has 2 aromatic carbocycles. The number of rotatable bonds is 8. The van der Waals surface area contributed by atoms with Crippen molar-refractivity contribution in [2.45, 2.75) is 39.9 Å². The summed E-state index contributed by atoms with van der Waals surface area (Å²) < 4.78 is 15.1. The molecule has 0 N–H and O–H groups in total. The molecule has 130 valence electrons. The summed E-state index contributed by atoms with van der Waals surface area (Å²) >= 11 is 3.79. The third-order valence-corrected chi connectivity index (χ3v) is 27.3. The Labute approximate surface area is 160 Å². The number of hydrogen-bond acceptors (Lipinski definition) is 4. The van der Waals surface area contributed by atoms with Crippen LogP contribution in [0.1, 0.15) is 27.7 Å². The molecule has 0 spiro atoms. The Bertz CT molecular complexity index is 612. The molecular formula is C18H24O2PS2Sb. The molecule has 0 saturated carbocycles.